The van der Waals surface area contributed by atoms with E-state index in [0.29, 0.717) is 30.6 Å². The van der Waals surface area contributed by atoms with E-state index < -0.39 is 22.6 Å². The highest BCUT2D eigenvalue weighted by atomic mass is 16.5. The Morgan fingerprint density at radius 2 is 1.88 bits per heavy atom. The topological polar surface area (TPSA) is 83.8 Å². The number of carbonyl (C=O) groups excluding carboxylic acids is 2. The Labute approximate surface area is 191 Å². The van der Waals surface area contributed by atoms with Gasteiger partial charge in [0.1, 0.15) is 11.4 Å². The van der Waals surface area contributed by atoms with Crippen molar-refractivity contribution in [2.75, 3.05) is 6.61 Å². The number of hydrogen-bond donors (Lipinski definition) is 2. The van der Waals surface area contributed by atoms with E-state index in [1.165, 1.54) is 0 Å². The molecule has 5 rings (SSSR count). The zero-order chi connectivity index (χ0) is 23.3. The molecule has 176 valence electrons. The Bertz CT molecular complexity index is 917. The predicted molar refractivity (Wildman–Crippen MR) is 119 cm³/mol. The third-order valence-corrected chi connectivity index (χ3v) is 11.2. The molecule has 32 heavy (non-hydrogen) atoms. The van der Waals surface area contributed by atoms with Crippen LogP contribution in [0.25, 0.3) is 0 Å². The summed E-state index contributed by atoms with van der Waals surface area (Å²) in [5, 5.41) is 23.8. The lowest BCUT2D eigenvalue weighted by molar-refractivity contribution is -0.216. The quantitative estimate of drug-likeness (QED) is 0.370. The van der Waals surface area contributed by atoms with Crippen LogP contribution in [0.3, 0.4) is 0 Å². The Hall–Kier alpha value is -1.38. The SMILES string of the molecule is CCOC(=O)C#C[C@]1(O)C(C)[C@@H](C)C2C3C4CC4[C@]4(O)CC(=O)CC[C@]4(C)C3CC[C@@]21C. The molecule has 5 heteroatoms. The minimum Gasteiger partial charge on any atom is -0.456 e. The highest BCUT2D eigenvalue weighted by molar-refractivity contribution is 5.88. The summed E-state index contributed by atoms with van der Waals surface area (Å²) in [4.78, 5) is 24.3. The molecule has 5 aliphatic rings. The monoisotopic (exact) mass is 442 g/mol. The summed E-state index contributed by atoms with van der Waals surface area (Å²) in [6.07, 6.45) is 4.39. The molecule has 2 N–H and O–H groups in total. The number of Topliss-reactive ketones (excluding diaryl/α,β-unsaturated/α-hetero) is 1. The lowest BCUT2D eigenvalue weighted by Crippen LogP contribution is -2.64. The molecule has 0 radical (unpaired) electrons. The van der Waals surface area contributed by atoms with Crippen LogP contribution in [-0.2, 0) is 14.3 Å². The Kier molecular flexibility index (Phi) is 4.78. The third kappa shape index (κ3) is 2.55. The molecule has 0 amide bonds. The van der Waals surface area contributed by atoms with Gasteiger partial charge in [0.2, 0.25) is 0 Å². The summed E-state index contributed by atoms with van der Waals surface area (Å²) < 4.78 is 5.00. The van der Waals surface area contributed by atoms with Crippen LogP contribution in [0.1, 0.15) is 73.1 Å². The molecule has 0 heterocycles. The number of ether oxygens (including phenoxy) is 1. The maximum Gasteiger partial charge on any atom is 0.384 e. The number of hydrogen-bond acceptors (Lipinski definition) is 5. The average molecular weight is 443 g/mol. The summed E-state index contributed by atoms with van der Waals surface area (Å²) in [6.45, 7) is 10.8. The second-order valence-electron chi connectivity index (χ2n) is 12.1. The van der Waals surface area contributed by atoms with Gasteiger partial charge in [-0.3, -0.25) is 4.79 Å². The van der Waals surface area contributed by atoms with Crippen molar-refractivity contribution in [1.82, 2.24) is 0 Å². The van der Waals surface area contributed by atoms with Gasteiger partial charge in [0, 0.05) is 29.6 Å². The molecule has 0 aromatic carbocycles. The summed E-state index contributed by atoms with van der Waals surface area (Å²) in [6, 6.07) is 0. The van der Waals surface area contributed by atoms with E-state index in [0.717, 1.165) is 25.7 Å². The maximum absolute atomic E-state index is 12.3. The zero-order valence-corrected chi connectivity index (χ0v) is 20.1. The predicted octanol–water partition coefficient (Wildman–Crippen LogP) is 3.36. The Morgan fingerprint density at radius 1 is 1.16 bits per heavy atom. The molecule has 11 atom stereocenters. The molecule has 0 bridgehead atoms. The van der Waals surface area contributed by atoms with Gasteiger partial charge in [-0.2, -0.15) is 0 Å². The van der Waals surface area contributed by atoms with Crippen LogP contribution in [-0.4, -0.2) is 39.8 Å². The molecule has 0 aliphatic heterocycles. The lowest BCUT2D eigenvalue weighted by Gasteiger charge is -2.63. The maximum atomic E-state index is 12.3. The summed E-state index contributed by atoms with van der Waals surface area (Å²) in [7, 11) is 0. The molecular formula is C27H38O5. The molecule has 5 nitrogen and oxygen atoms in total. The Morgan fingerprint density at radius 3 is 2.56 bits per heavy atom. The first-order chi connectivity index (χ1) is 14.9. The van der Waals surface area contributed by atoms with Crippen molar-refractivity contribution < 1.29 is 24.5 Å². The van der Waals surface area contributed by atoms with Crippen molar-refractivity contribution in [2.45, 2.75) is 84.3 Å². The first kappa shape index (κ1) is 22.4. The molecule has 5 aliphatic carbocycles. The molecule has 5 fully saturated rings. The minimum absolute atomic E-state index is 0.0584. The van der Waals surface area contributed by atoms with Gasteiger partial charge in [-0.05, 0) is 74.0 Å². The second kappa shape index (κ2) is 6.83. The second-order valence-corrected chi connectivity index (χ2v) is 12.1. The summed E-state index contributed by atoms with van der Waals surface area (Å²) in [5.74, 6) is 7.11. The highest BCUT2D eigenvalue weighted by Crippen LogP contribution is 2.77. The summed E-state index contributed by atoms with van der Waals surface area (Å²) in [5.41, 5.74) is -2.76. The van der Waals surface area contributed by atoms with Crippen LogP contribution in [0, 0.1) is 64.1 Å². The van der Waals surface area contributed by atoms with Crippen LogP contribution < -0.4 is 0 Å². The van der Waals surface area contributed by atoms with Gasteiger partial charge >= 0.3 is 5.97 Å². The van der Waals surface area contributed by atoms with Gasteiger partial charge in [-0.15, -0.1) is 0 Å². The summed E-state index contributed by atoms with van der Waals surface area (Å²) >= 11 is 0. The smallest absolute Gasteiger partial charge is 0.384 e. The van der Waals surface area contributed by atoms with E-state index in [9.17, 15) is 19.8 Å². The van der Waals surface area contributed by atoms with Crippen molar-refractivity contribution in [3.8, 4) is 11.8 Å². The number of aliphatic hydroxyl groups is 2. The van der Waals surface area contributed by atoms with Gasteiger partial charge in [0.05, 0.1) is 12.2 Å². The van der Waals surface area contributed by atoms with E-state index in [-0.39, 0.29) is 41.5 Å². The highest BCUT2D eigenvalue weighted by Gasteiger charge is 2.77. The van der Waals surface area contributed by atoms with Crippen LogP contribution in [0.2, 0.25) is 0 Å². The van der Waals surface area contributed by atoms with Crippen LogP contribution in [0.5, 0.6) is 0 Å². The zero-order valence-electron chi connectivity index (χ0n) is 20.1. The number of ketones is 1. The van der Waals surface area contributed by atoms with Crippen LogP contribution in [0.4, 0.5) is 0 Å². The normalized spacial score (nSPS) is 55.5. The molecular weight excluding hydrogens is 404 g/mol. The number of esters is 1. The number of fused-ring (bicyclic) bond motifs is 8. The van der Waals surface area contributed by atoms with Gasteiger partial charge in [0.25, 0.3) is 0 Å². The van der Waals surface area contributed by atoms with Gasteiger partial charge in [-0.25, -0.2) is 4.79 Å². The lowest BCUT2D eigenvalue weighted by atomic mass is 9.42. The fourth-order valence-corrected chi connectivity index (χ4v) is 9.41. The van der Waals surface area contributed by atoms with Crippen molar-refractivity contribution in [2.24, 2.45) is 52.3 Å². The molecule has 0 aromatic rings. The van der Waals surface area contributed by atoms with E-state index >= 15 is 0 Å². The number of rotatable bonds is 1. The molecule has 6 unspecified atom stereocenters. The molecule has 0 aromatic heterocycles. The van der Waals surface area contributed by atoms with E-state index in [1.807, 2.05) is 0 Å². The van der Waals surface area contributed by atoms with Gasteiger partial charge in [-0.1, -0.05) is 33.6 Å². The fraction of sp³-hybridized carbons (Fsp3) is 0.852. The van der Waals surface area contributed by atoms with Crippen molar-refractivity contribution in [3.63, 3.8) is 0 Å². The van der Waals surface area contributed by atoms with Crippen molar-refractivity contribution in [1.29, 1.82) is 0 Å². The van der Waals surface area contributed by atoms with Crippen molar-refractivity contribution in [3.05, 3.63) is 0 Å². The molecule has 5 saturated carbocycles. The van der Waals surface area contributed by atoms with Crippen LogP contribution in [0.15, 0.2) is 0 Å². The van der Waals surface area contributed by atoms with E-state index in [1.54, 1.807) is 6.92 Å². The Balaban J connectivity index is 1.54. The van der Waals surface area contributed by atoms with Gasteiger partial charge < -0.3 is 14.9 Å². The number of carbonyl (C=O) groups is 2. The molecule has 0 saturated heterocycles. The minimum atomic E-state index is -1.24. The van der Waals surface area contributed by atoms with Crippen LogP contribution >= 0.6 is 0 Å². The third-order valence-electron chi connectivity index (χ3n) is 11.2. The largest absolute Gasteiger partial charge is 0.456 e. The fourth-order valence-electron chi connectivity index (χ4n) is 9.41. The molecule has 0 spiro atoms. The van der Waals surface area contributed by atoms with Crippen molar-refractivity contribution >= 4 is 11.8 Å². The average Bonchev–Trinajstić information content (AvgIpc) is 3.52. The van der Waals surface area contributed by atoms with E-state index in [2.05, 4.69) is 39.5 Å². The standard InChI is InChI=1S/C27H38O5/c1-6-32-21(29)9-12-26(30)16(3)15(2)23-22-18-13-20(18)27(31)14-17(28)7-10-24(27,4)19(22)8-11-25(23,26)5/h15-16,18-20,22-23,30-31H,6-8,10-11,13-14H2,1-5H3/t15-,16?,18?,19?,20?,22?,23?,24-,25+,26+,27-/m1/s1. The van der Waals surface area contributed by atoms with Gasteiger partial charge in [0.15, 0.2) is 0 Å². The first-order valence-corrected chi connectivity index (χ1v) is 12.6. The first-order valence-electron chi connectivity index (χ1n) is 12.6. The van der Waals surface area contributed by atoms with E-state index in [4.69, 9.17) is 4.74 Å².